The Morgan fingerprint density at radius 2 is 2.00 bits per heavy atom. The predicted octanol–water partition coefficient (Wildman–Crippen LogP) is -0.824. The molecule has 1 aromatic carbocycles. The molecular formula is C18H26N2O8. The van der Waals surface area contributed by atoms with Gasteiger partial charge >= 0.3 is 12.1 Å². The normalized spacial score (nSPS) is 25.2. The third kappa shape index (κ3) is 6.43. The first-order chi connectivity index (χ1) is 13.3. The highest BCUT2D eigenvalue weighted by molar-refractivity contribution is 5.79. The van der Waals surface area contributed by atoms with Gasteiger partial charge in [0.1, 0.15) is 24.9 Å². The molecule has 28 heavy (non-hydrogen) atoms. The van der Waals surface area contributed by atoms with E-state index >= 15 is 0 Å². The van der Waals surface area contributed by atoms with Crippen LogP contribution in [0.15, 0.2) is 30.3 Å². The quantitative estimate of drug-likeness (QED) is 0.277. The van der Waals surface area contributed by atoms with Gasteiger partial charge in [0, 0.05) is 0 Å². The van der Waals surface area contributed by atoms with Crippen molar-refractivity contribution in [2.75, 3.05) is 19.7 Å². The molecule has 0 aromatic heterocycles. The van der Waals surface area contributed by atoms with Gasteiger partial charge in [-0.1, -0.05) is 30.3 Å². The van der Waals surface area contributed by atoms with Crippen LogP contribution in [0.4, 0.5) is 4.79 Å². The second-order valence-electron chi connectivity index (χ2n) is 6.58. The van der Waals surface area contributed by atoms with Crippen molar-refractivity contribution in [3.05, 3.63) is 35.9 Å². The lowest BCUT2D eigenvalue weighted by atomic mass is 10.1. The first kappa shape index (κ1) is 22.1. The van der Waals surface area contributed by atoms with Gasteiger partial charge in [-0.05, 0) is 24.9 Å². The number of carboxylic acids is 1. The number of amides is 1. The Morgan fingerprint density at radius 1 is 1.29 bits per heavy atom. The predicted molar refractivity (Wildman–Crippen MR) is 96.2 cm³/mol. The molecule has 10 nitrogen and oxygen atoms in total. The van der Waals surface area contributed by atoms with Crippen molar-refractivity contribution in [1.29, 1.82) is 0 Å². The van der Waals surface area contributed by atoms with Crippen molar-refractivity contribution in [1.82, 2.24) is 10.6 Å². The molecule has 0 radical (unpaired) electrons. The molecule has 4 atom stereocenters. The van der Waals surface area contributed by atoms with E-state index in [2.05, 4.69) is 10.6 Å². The van der Waals surface area contributed by atoms with Crippen LogP contribution >= 0.6 is 0 Å². The Kier molecular flexibility index (Phi) is 8.15. The van der Waals surface area contributed by atoms with Crippen LogP contribution in [-0.2, 0) is 20.9 Å². The van der Waals surface area contributed by atoms with Crippen molar-refractivity contribution in [3.63, 3.8) is 0 Å². The van der Waals surface area contributed by atoms with Crippen molar-refractivity contribution in [3.8, 4) is 0 Å². The molecule has 1 aliphatic heterocycles. The summed E-state index contributed by atoms with van der Waals surface area (Å²) in [5.41, 5.74) is 0.785. The Balaban J connectivity index is 1.67. The number of alkyl carbamates (subject to hydrolysis) is 1. The van der Waals surface area contributed by atoms with Crippen LogP contribution in [0.5, 0.6) is 0 Å². The van der Waals surface area contributed by atoms with Gasteiger partial charge in [0.05, 0.1) is 13.2 Å². The molecule has 1 saturated heterocycles. The number of hydrogen-bond donors (Lipinski definition) is 6. The van der Waals surface area contributed by atoms with E-state index in [4.69, 9.17) is 9.47 Å². The summed E-state index contributed by atoms with van der Waals surface area (Å²) >= 11 is 0. The zero-order chi connectivity index (χ0) is 20.6. The molecule has 0 bridgehead atoms. The number of hydrogen-bond acceptors (Lipinski definition) is 8. The molecule has 1 aromatic rings. The van der Waals surface area contributed by atoms with Gasteiger partial charge < -0.3 is 40.5 Å². The summed E-state index contributed by atoms with van der Waals surface area (Å²) in [5.74, 6) is -3.07. The Morgan fingerprint density at radius 3 is 2.61 bits per heavy atom. The molecule has 0 spiro atoms. The summed E-state index contributed by atoms with van der Waals surface area (Å²) in [6.07, 6.45) is -2.91. The van der Waals surface area contributed by atoms with E-state index in [1.807, 2.05) is 6.07 Å². The van der Waals surface area contributed by atoms with E-state index in [9.17, 15) is 30.0 Å². The van der Waals surface area contributed by atoms with Crippen molar-refractivity contribution >= 4 is 12.1 Å². The standard InChI is InChI=1S/C18H26N2O8/c21-14-10-28-18(26,15(14)22)11-19-8-4-7-13(16(23)24)20-17(25)27-9-12-5-2-1-3-6-12/h1-3,5-6,13-15,19,21-22,26H,4,7-11H2,(H,20,25)(H,23,24)/t13?,14-,15-,18?/m1/s1. The summed E-state index contributed by atoms with van der Waals surface area (Å²) in [5, 5.41) is 43.5. The molecule has 0 saturated carbocycles. The van der Waals surface area contributed by atoms with Gasteiger partial charge in [0.25, 0.3) is 0 Å². The van der Waals surface area contributed by atoms with Gasteiger partial charge in [-0.2, -0.15) is 0 Å². The minimum absolute atomic E-state index is 0.0350. The Labute approximate surface area is 162 Å². The second-order valence-corrected chi connectivity index (χ2v) is 6.58. The van der Waals surface area contributed by atoms with Crippen LogP contribution in [0, 0.1) is 0 Å². The third-order valence-corrected chi connectivity index (χ3v) is 4.36. The van der Waals surface area contributed by atoms with Crippen LogP contribution in [-0.4, -0.2) is 76.2 Å². The van der Waals surface area contributed by atoms with E-state index in [-0.39, 0.29) is 26.2 Å². The van der Waals surface area contributed by atoms with Gasteiger partial charge in [0.15, 0.2) is 0 Å². The minimum Gasteiger partial charge on any atom is -0.480 e. The number of carbonyl (C=O) groups excluding carboxylic acids is 1. The molecule has 1 amide bonds. The topological polar surface area (TPSA) is 158 Å². The monoisotopic (exact) mass is 398 g/mol. The van der Waals surface area contributed by atoms with Crippen LogP contribution in [0.2, 0.25) is 0 Å². The van der Waals surface area contributed by atoms with E-state index in [1.54, 1.807) is 24.3 Å². The number of aliphatic carboxylic acids is 1. The second kappa shape index (κ2) is 10.3. The highest BCUT2D eigenvalue weighted by Gasteiger charge is 2.47. The first-order valence-corrected chi connectivity index (χ1v) is 8.95. The van der Waals surface area contributed by atoms with Gasteiger partial charge in [-0.15, -0.1) is 0 Å². The fraction of sp³-hybridized carbons (Fsp3) is 0.556. The fourth-order valence-electron chi connectivity index (χ4n) is 2.73. The number of benzene rings is 1. The summed E-state index contributed by atoms with van der Waals surface area (Å²) < 4.78 is 9.98. The van der Waals surface area contributed by atoms with E-state index < -0.39 is 36.1 Å². The number of rotatable bonds is 10. The van der Waals surface area contributed by atoms with Crippen molar-refractivity contribution < 1.29 is 39.5 Å². The molecule has 6 N–H and O–H groups in total. The zero-order valence-corrected chi connectivity index (χ0v) is 15.3. The lowest BCUT2D eigenvalue weighted by molar-refractivity contribution is -0.211. The maximum Gasteiger partial charge on any atom is 0.408 e. The average molecular weight is 398 g/mol. The summed E-state index contributed by atoms with van der Waals surface area (Å²) in [6.45, 7) is 0.0390. The summed E-state index contributed by atoms with van der Waals surface area (Å²) in [4.78, 5) is 23.1. The molecule has 156 valence electrons. The maximum atomic E-state index is 11.8. The smallest absolute Gasteiger partial charge is 0.408 e. The number of aliphatic hydroxyl groups is 3. The van der Waals surface area contributed by atoms with Crippen LogP contribution in [0.1, 0.15) is 18.4 Å². The lowest BCUT2D eigenvalue weighted by Gasteiger charge is -2.26. The largest absolute Gasteiger partial charge is 0.480 e. The summed E-state index contributed by atoms with van der Waals surface area (Å²) in [6, 6.07) is 7.88. The van der Waals surface area contributed by atoms with Crippen molar-refractivity contribution in [2.45, 2.75) is 43.5 Å². The van der Waals surface area contributed by atoms with Crippen LogP contribution < -0.4 is 10.6 Å². The number of aliphatic hydroxyl groups excluding tert-OH is 2. The molecule has 10 heteroatoms. The molecule has 0 aliphatic carbocycles. The van der Waals surface area contributed by atoms with E-state index in [0.29, 0.717) is 13.0 Å². The van der Waals surface area contributed by atoms with Crippen molar-refractivity contribution in [2.24, 2.45) is 0 Å². The maximum absolute atomic E-state index is 11.8. The molecule has 1 fully saturated rings. The SMILES string of the molecule is O=C(NC(CCCNCC1(O)OC[C@@H](O)[C@H]1O)C(=O)O)OCc1ccccc1. The molecule has 1 aliphatic rings. The molecule has 2 unspecified atom stereocenters. The van der Waals surface area contributed by atoms with Crippen LogP contribution in [0.3, 0.4) is 0 Å². The molecule has 2 rings (SSSR count). The Bertz CT molecular complexity index is 644. The average Bonchev–Trinajstić information content (AvgIpc) is 2.93. The molecular weight excluding hydrogens is 372 g/mol. The highest BCUT2D eigenvalue weighted by Crippen LogP contribution is 2.23. The third-order valence-electron chi connectivity index (χ3n) is 4.36. The van der Waals surface area contributed by atoms with Gasteiger partial charge in [-0.3, -0.25) is 0 Å². The van der Waals surface area contributed by atoms with E-state index in [1.165, 1.54) is 0 Å². The van der Waals surface area contributed by atoms with Gasteiger partial charge in [-0.25, -0.2) is 9.59 Å². The number of carboxylic acid groups (broad SMARTS) is 1. The molecule has 1 heterocycles. The van der Waals surface area contributed by atoms with Gasteiger partial charge in [0.2, 0.25) is 5.79 Å². The Hall–Kier alpha value is -2.24. The zero-order valence-electron chi connectivity index (χ0n) is 15.3. The van der Waals surface area contributed by atoms with Crippen LogP contribution in [0.25, 0.3) is 0 Å². The number of ether oxygens (including phenoxy) is 2. The summed E-state index contributed by atoms with van der Waals surface area (Å²) in [7, 11) is 0. The van der Waals surface area contributed by atoms with E-state index in [0.717, 1.165) is 5.56 Å². The highest BCUT2D eigenvalue weighted by atomic mass is 16.7. The number of carbonyl (C=O) groups is 2. The first-order valence-electron chi connectivity index (χ1n) is 8.95. The lowest BCUT2D eigenvalue weighted by Crippen LogP contribution is -2.50. The number of nitrogens with one attached hydrogen (secondary N) is 2. The minimum atomic E-state index is -1.88. The fourth-order valence-corrected chi connectivity index (χ4v) is 2.73.